The Morgan fingerprint density at radius 2 is 1.50 bits per heavy atom. The fourth-order valence-corrected chi connectivity index (χ4v) is 1.08. The molecule has 3 heteroatoms. The molecule has 94 valence electrons. The number of rotatable bonds is 1. The van der Waals surface area contributed by atoms with Gasteiger partial charge in [0, 0.05) is 11.1 Å². The number of aliphatic hydroxyl groups is 1. The van der Waals surface area contributed by atoms with Crippen molar-refractivity contribution in [2.75, 3.05) is 0 Å². The molecule has 0 aliphatic rings. The average Bonchev–Trinajstić information content (AvgIpc) is 2.32. The third-order valence-corrected chi connectivity index (χ3v) is 1.93. The third kappa shape index (κ3) is 4.27. The Bertz CT molecular complexity index is 309. The lowest BCUT2D eigenvalue weighted by Gasteiger charge is -2.07. The second-order valence-corrected chi connectivity index (χ2v) is 2.75. The van der Waals surface area contributed by atoms with Gasteiger partial charge in [-0.05, 0) is 25.5 Å². The van der Waals surface area contributed by atoms with Gasteiger partial charge in [0.25, 0.3) is 0 Å². The highest BCUT2D eigenvalue weighted by molar-refractivity contribution is 5.33. The minimum atomic E-state index is -0.644. The van der Waals surface area contributed by atoms with Gasteiger partial charge in [0.05, 0.1) is 6.61 Å². The fourth-order valence-electron chi connectivity index (χ4n) is 1.08. The molecule has 0 fully saturated rings. The zero-order valence-corrected chi connectivity index (χ0v) is 11.0. The van der Waals surface area contributed by atoms with Crippen LogP contribution in [0.5, 0.6) is 0 Å². The number of benzene rings is 1. The summed E-state index contributed by atoms with van der Waals surface area (Å²) in [5, 5.41) is 8.75. The van der Waals surface area contributed by atoms with Crippen LogP contribution < -0.4 is 0 Å². The van der Waals surface area contributed by atoms with E-state index in [0.29, 0.717) is 5.56 Å². The summed E-state index contributed by atoms with van der Waals surface area (Å²) in [4.78, 5) is 0. The summed E-state index contributed by atoms with van der Waals surface area (Å²) in [6.07, 6.45) is 0. The fraction of sp³-hybridized carbons (Fsp3) is 0.538. The molecule has 0 unspecified atom stereocenters. The lowest BCUT2D eigenvalue weighted by atomic mass is 10.0. The van der Waals surface area contributed by atoms with Crippen LogP contribution in [0.25, 0.3) is 0 Å². The van der Waals surface area contributed by atoms with Gasteiger partial charge in [-0.2, -0.15) is 0 Å². The standard InChI is InChI=1S/C9H10F2O.2C2H6/c1-5-3-8(10)6(2)9(11)7(5)4-12;2*1-2/h3,12H,4H2,1-2H3;2*1-2H3. The first-order chi connectivity index (χ1) is 7.57. The van der Waals surface area contributed by atoms with Crippen molar-refractivity contribution in [3.63, 3.8) is 0 Å². The molecule has 0 amide bonds. The second-order valence-electron chi connectivity index (χ2n) is 2.75. The van der Waals surface area contributed by atoms with Gasteiger partial charge in [0.2, 0.25) is 0 Å². The topological polar surface area (TPSA) is 20.2 Å². The molecule has 16 heavy (non-hydrogen) atoms. The Labute approximate surface area is 97.1 Å². The first-order valence-electron chi connectivity index (χ1n) is 5.63. The molecule has 0 saturated heterocycles. The third-order valence-electron chi connectivity index (χ3n) is 1.93. The van der Waals surface area contributed by atoms with Crippen LogP contribution in [0.1, 0.15) is 44.4 Å². The van der Waals surface area contributed by atoms with E-state index in [0.717, 1.165) is 0 Å². The maximum Gasteiger partial charge on any atom is 0.134 e. The van der Waals surface area contributed by atoms with Gasteiger partial charge in [-0.25, -0.2) is 8.78 Å². The van der Waals surface area contributed by atoms with E-state index >= 15 is 0 Å². The molecule has 0 aliphatic heterocycles. The van der Waals surface area contributed by atoms with E-state index in [1.165, 1.54) is 13.0 Å². The molecule has 0 aliphatic carbocycles. The predicted molar refractivity (Wildman–Crippen MR) is 64.5 cm³/mol. The zero-order valence-electron chi connectivity index (χ0n) is 11.0. The van der Waals surface area contributed by atoms with E-state index in [1.807, 2.05) is 27.7 Å². The van der Waals surface area contributed by atoms with Crippen molar-refractivity contribution >= 4 is 0 Å². The lowest BCUT2D eigenvalue weighted by Crippen LogP contribution is -1.99. The van der Waals surface area contributed by atoms with E-state index in [2.05, 4.69) is 0 Å². The molecule has 0 aromatic heterocycles. The summed E-state index contributed by atoms with van der Waals surface area (Å²) < 4.78 is 26.0. The maximum absolute atomic E-state index is 13.1. The number of halogens is 2. The second kappa shape index (κ2) is 9.28. The molecule has 0 radical (unpaired) electrons. The first-order valence-corrected chi connectivity index (χ1v) is 5.63. The summed E-state index contributed by atoms with van der Waals surface area (Å²) in [6.45, 7) is 10.5. The van der Waals surface area contributed by atoms with Crippen molar-refractivity contribution in [1.82, 2.24) is 0 Å². The highest BCUT2D eigenvalue weighted by atomic mass is 19.1. The Morgan fingerprint density at radius 3 is 1.88 bits per heavy atom. The van der Waals surface area contributed by atoms with E-state index in [9.17, 15) is 8.78 Å². The smallest absolute Gasteiger partial charge is 0.134 e. The van der Waals surface area contributed by atoms with Crippen LogP contribution in [0.2, 0.25) is 0 Å². The molecule has 1 N–H and O–H groups in total. The number of hydrogen-bond donors (Lipinski definition) is 1. The van der Waals surface area contributed by atoms with Crippen molar-refractivity contribution in [3.8, 4) is 0 Å². The van der Waals surface area contributed by atoms with Crippen molar-refractivity contribution in [1.29, 1.82) is 0 Å². The number of aryl methyl sites for hydroxylation is 1. The van der Waals surface area contributed by atoms with Crippen LogP contribution in [0.3, 0.4) is 0 Å². The summed E-state index contributed by atoms with van der Waals surface area (Å²) in [6, 6.07) is 1.23. The number of aliphatic hydroxyl groups excluding tert-OH is 1. The molecule has 0 heterocycles. The maximum atomic E-state index is 13.1. The largest absolute Gasteiger partial charge is 0.392 e. The van der Waals surface area contributed by atoms with Crippen LogP contribution in [0, 0.1) is 25.5 Å². The van der Waals surface area contributed by atoms with E-state index < -0.39 is 18.2 Å². The van der Waals surface area contributed by atoms with Gasteiger partial charge in [-0.15, -0.1) is 0 Å². The molecule has 1 nitrogen and oxygen atoms in total. The van der Waals surface area contributed by atoms with Crippen molar-refractivity contribution in [3.05, 3.63) is 34.4 Å². The van der Waals surface area contributed by atoms with Crippen LogP contribution in [0.15, 0.2) is 6.07 Å². The van der Waals surface area contributed by atoms with Crippen LogP contribution in [0.4, 0.5) is 8.78 Å². The Kier molecular flexibility index (Phi) is 10.1. The van der Waals surface area contributed by atoms with E-state index in [-0.39, 0.29) is 11.1 Å². The first kappa shape index (κ1) is 17.4. The van der Waals surface area contributed by atoms with Gasteiger partial charge >= 0.3 is 0 Å². The van der Waals surface area contributed by atoms with Crippen molar-refractivity contribution < 1.29 is 13.9 Å². The van der Waals surface area contributed by atoms with Gasteiger partial charge in [-0.1, -0.05) is 27.7 Å². The molecular weight excluding hydrogens is 210 g/mol. The molecular formula is C13H22F2O. The summed E-state index contributed by atoms with van der Waals surface area (Å²) >= 11 is 0. The SMILES string of the molecule is CC.CC.Cc1cc(F)c(C)c(F)c1CO. The molecule has 1 aromatic carbocycles. The molecule has 0 saturated carbocycles. The quantitative estimate of drug-likeness (QED) is 0.772. The van der Waals surface area contributed by atoms with Gasteiger partial charge in [0.1, 0.15) is 11.6 Å². The van der Waals surface area contributed by atoms with E-state index in [4.69, 9.17) is 5.11 Å². The average molecular weight is 232 g/mol. The Hall–Kier alpha value is -0.960. The van der Waals surface area contributed by atoms with Crippen LogP contribution >= 0.6 is 0 Å². The molecule has 0 atom stereocenters. The Morgan fingerprint density at radius 1 is 1.06 bits per heavy atom. The van der Waals surface area contributed by atoms with Crippen molar-refractivity contribution in [2.24, 2.45) is 0 Å². The minimum absolute atomic E-state index is 0.0374. The van der Waals surface area contributed by atoms with Gasteiger partial charge in [0.15, 0.2) is 0 Å². The van der Waals surface area contributed by atoms with Gasteiger partial charge in [-0.3, -0.25) is 0 Å². The summed E-state index contributed by atoms with van der Waals surface area (Å²) in [5.41, 5.74) is 0.580. The molecule has 1 aromatic rings. The lowest BCUT2D eigenvalue weighted by molar-refractivity contribution is 0.274. The highest BCUT2D eigenvalue weighted by Crippen LogP contribution is 2.19. The molecule has 0 bridgehead atoms. The van der Waals surface area contributed by atoms with Crippen LogP contribution in [-0.2, 0) is 6.61 Å². The van der Waals surface area contributed by atoms with Crippen molar-refractivity contribution in [2.45, 2.75) is 48.1 Å². The molecule has 0 spiro atoms. The monoisotopic (exact) mass is 232 g/mol. The highest BCUT2D eigenvalue weighted by Gasteiger charge is 2.11. The normalized spacial score (nSPS) is 8.56. The van der Waals surface area contributed by atoms with Gasteiger partial charge < -0.3 is 5.11 Å². The number of hydrogen-bond acceptors (Lipinski definition) is 1. The summed E-state index contributed by atoms with van der Waals surface area (Å²) in [7, 11) is 0. The van der Waals surface area contributed by atoms with Crippen LogP contribution in [-0.4, -0.2) is 5.11 Å². The Balaban J connectivity index is 0. The predicted octanol–water partition coefficient (Wildman–Crippen LogP) is 4.13. The van der Waals surface area contributed by atoms with E-state index in [1.54, 1.807) is 6.92 Å². The zero-order chi connectivity index (χ0) is 13.3. The summed E-state index contributed by atoms with van der Waals surface area (Å²) in [5.74, 6) is -1.21. The molecule has 1 rings (SSSR count). The minimum Gasteiger partial charge on any atom is -0.392 e.